The third kappa shape index (κ3) is 4.31. The van der Waals surface area contributed by atoms with Gasteiger partial charge in [0.1, 0.15) is 5.76 Å². The molecule has 0 bridgehead atoms. The summed E-state index contributed by atoms with van der Waals surface area (Å²) in [5, 5.41) is 3.56. The molecule has 1 N–H and O–H groups in total. The molecule has 2 aromatic heterocycles. The third-order valence-corrected chi connectivity index (χ3v) is 5.67. The lowest BCUT2D eigenvalue weighted by Crippen LogP contribution is -2.39. The highest BCUT2D eigenvalue weighted by molar-refractivity contribution is 7.22. The first-order valence-corrected chi connectivity index (χ1v) is 10.1. The predicted octanol–water partition coefficient (Wildman–Crippen LogP) is 4.66. The predicted molar refractivity (Wildman–Crippen MR) is 106 cm³/mol. The Morgan fingerprint density at radius 1 is 1.41 bits per heavy atom. The second-order valence-electron chi connectivity index (χ2n) is 6.70. The van der Waals surface area contributed by atoms with E-state index < -0.39 is 0 Å². The zero-order valence-electron chi connectivity index (χ0n) is 15.3. The first kappa shape index (κ1) is 18.0. The number of nitrogens with one attached hydrogen (secondary N) is 1. The van der Waals surface area contributed by atoms with Crippen LogP contribution in [0.3, 0.4) is 0 Å². The summed E-state index contributed by atoms with van der Waals surface area (Å²) in [7, 11) is 0. The fourth-order valence-corrected chi connectivity index (χ4v) is 4.18. The van der Waals surface area contributed by atoms with E-state index >= 15 is 0 Å². The van der Waals surface area contributed by atoms with Crippen LogP contribution >= 0.6 is 11.3 Å². The number of fused-ring (bicyclic) bond motifs is 1. The maximum absolute atomic E-state index is 12.9. The normalized spacial score (nSPS) is 16.7. The monoisotopic (exact) mass is 385 g/mol. The van der Waals surface area contributed by atoms with Crippen LogP contribution in [0.25, 0.3) is 10.2 Å². The molecule has 7 heteroatoms. The van der Waals surface area contributed by atoms with Gasteiger partial charge >= 0.3 is 6.03 Å². The van der Waals surface area contributed by atoms with E-state index in [0.717, 1.165) is 41.8 Å². The van der Waals surface area contributed by atoms with E-state index in [9.17, 15) is 4.79 Å². The molecule has 142 valence electrons. The number of aromatic nitrogens is 1. The number of nitrogens with zero attached hydrogens (tertiary/aromatic N) is 2. The van der Waals surface area contributed by atoms with Crippen molar-refractivity contribution in [2.75, 3.05) is 18.5 Å². The molecule has 3 aromatic rings. The second-order valence-corrected chi connectivity index (χ2v) is 7.73. The van der Waals surface area contributed by atoms with Gasteiger partial charge < -0.3 is 14.1 Å². The van der Waals surface area contributed by atoms with Crippen molar-refractivity contribution in [1.29, 1.82) is 0 Å². The van der Waals surface area contributed by atoms with Crippen LogP contribution in [0.5, 0.6) is 0 Å². The average Bonchev–Trinajstić information content (AvgIpc) is 3.42. The lowest BCUT2D eigenvalue weighted by molar-refractivity contribution is 0.0803. The minimum absolute atomic E-state index is 0.0770. The number of thiazole rings is 1. The van der Waals surface area contributed by atoms with Gasteiger partial charge in [0.2, 0.25) is 0 Å². The SMILES string of the molecule is CCc1ccc2nc(NC(=O)N(Cc3ccco3)CC3CCCO3)sc2c1. The van der Waals surface area contributed by atoms with Crippen LogP contribution in [0.2, 0.25) is 0 Å². The smallest absolute Gasteiger partial charge is 0.324 e. The minimum Gasteiger partial charge on any atom is -0.467 e. The highest BCUT2D eigenvalue weighted by Crippen LogP contribution is 2.27. The van der Waals surface area contributed by atoms with Crippen LogP contribution in [0.15, 0.2) is 41.0 Å². The van der Waals surface area contributed by atoms with Crippen LogP contribution in [0, 0.1) is 0 Å². The molecule has 1 atom stereocenters. The third-order valence-electron chi connectivity index (χ3n) is 4.74. The van der Waals surface area contributed by atoms with Gasteiger partial charge in [-0.3, -0.25) is 5.32 Å². The molecule has 1 saturated heterocycles. The largest absolute Gasteiger partial charge is 0.467 e. The topological polar surface area (TPSA) is 67.6 Å². The molecule has 1 aliphatic heterocycles. The van der Waals surface area contributed by atoms with Gasteiger partial charge in [-0.1, -0.05) is 24.3 Å². The van der Waals surface area contributed by atoms with E-state index in [1.54, 1.807) is 11.2 Å². The molecule has 4 rings (SSSR count). The maximum Gasteiger partial charge on any atom is 0.324 e. The Labute approximate surface area is 162 Å². The highest BCUT2D eigenvalue weighted by atomic mass is 32.1. The number of carbonyl (C=O) groups excluding carboxylic acids is 1. The first-order valence-electron chi connectivity index (χ1n) is 9.30. The Balaban J connectivity index is 1.49. The van der Waals surface area contributed by atoms with Crippen molar-refractivity contribution in [3.8, 4) is 0 Å². The minimum atomic E-state index is -0.184. The molecule has 0 aliphatic carbocycles. The van der Waals surface area contributed by atoms with Crippen molar-refractivity contribution < 1.29 is 13.9 Å². The van der Waals surface area contributed by atoms with Crippen LogP contribution in [-0.2, 0) is 17.7 Å². The Bertz CT molecular complexity index is 900. The van der Waals surface area contributed by atoms with E-state index in [4.69, 9.17) is 9.15 Å². The molecule has 27 heavy (non-hydrogen) atoms. The van der Waals surface area contributed by atoms with Crippen molar-refractivity contribution in [3.63, 3.8) is 0 Å². The van der Waals surface area contributed by atoms with E-state index in [-0.39, 0.29) is 12.1 Å². The highest BCUT2D eigenvalue weighted by Gasteiger charge is 2.24. The summed E-state index contributed by atoms with van der Waals surface area (Å²) in [5.41, 5.74) is 2.17. The molecule has 1 unspecified atom stereocenters. The number of urea groups is 1. The molecule has 0 saturated carbocycles. The standard InChI is InChI=1S/C20H23N3O3S/c1-2-14-7-8-17-18(11-14)27-19(21-17)22-20(24)23(12-15-5-3-9-25-15)13-16-6-4-10-26-16/h3,5,7-9,11,16H,2,4,6,10,12-13H2,1H3,(H,21,22,24). The van der Waals surface area contributed by atoms with Crippen LogP contribution in [0.1, 0.15) is 31.1 Å². The molecular weight excluding hydrogens is 362 g/mol. The van der Waals surface area contributed by atoms with Gasteiger partial charge in [0.05, 0.1) is 29.1 Å². The Hall–Kier alpha value is -2.38. The summed E-state index contributed by atoms with van der Waals surface area (Å²) in [6, 6.07) is 9.74. The van der Waals surface area contributed by atoms with Crippen molar-refractivity contribution in [3.05, 3.63) is 47.9 Å². The summed E-state index contributed by atoms with van der Waals surface area (Å²) in [4.78, 5) is 19.2. The molecular formula is C20H23N3O3S. The summed E-state index contributed by atoms with van der Waals surface area (Å²) >= 11 is 1.50. The van der Waals surface area contributed by atoms with Gasteiger partial charge in [-0.25, -0.2) is 9.78 Å². The molecule has 0 radical (unpaired) electrons. The number of benzene rings is 1. The fourth-order valence-electron chi connectivity index (χ4n) is 3.26. The number of amides is 2. The van der Waals surface area contributed by atoms with Gasteiger partial charge in [0, 0.05) is 13.2 Å². The number of furan rings is 1. The van der Waals surface area contributed by atoms with Gasteiger partial charge in [0.15, 0.2) is 5.13 Å². The molecule has 1 fully saturated rings. The molecule has 0 spiro atoms. The number of carbonyl (C=O) groups is 1. The number of ether oxygens (including phenoxy) is 1. The fraction of sp³-hybridized carbons (Fsp3) is 0.400. The van der Waals surface area contributed by atoms with Gasteiger partial charge in [-0.15, -0.1) is 0 Å². The second kappa shape index (κ2) is 8.10. The Morgan fingerprint density at radius 3 is 3.07 bits per heavy atom. The van der Waals surface area contributed by atoms with E-state index in [1.807, 2.05) is 18.2 Å². The number of hydrogen-bond acceptors (Lipinski definition) is 5. The van der Waals surface area contributed by atoms with E-state index in [2.05, 4.69) is 29.4 Å². The van der Waals surface area contributed by atoms with Crippen molar-refractivity contribution in [1.82, 2.24) is 9.88 Å². The molecule has 1 aromatic carbocycles. The Morgan fingerprint density at radius 2 is 2.33 bits per heavy atom. The number of aryl methyl sites for hydroxylation is 1. The first-order chi connectivity index (χ1) is 13.2. The maximum atomic E-state index is 12.9. The summed E-state index contributed by atoms with van der Waals surface area (Å²) in [5.74, 6) is 0.750. The Kier molecular flexibility index (Phi) is 5.40. The molecule has 6 nitrogen and oxygen atoms in total. The zero-order chi connectivity index (χ0) is 18.6. The lowest BCUT2D eigenvalue weighted by Gasteiger charge is -2.24. The molecule has 2 amide bonds. The number of anilines is 1. The average molecular weight is 385 g/mol. The van der Waals surface area contributed by atoms with Crippen LogP contribution in [-0.4, -0.2) is 35.2 Å². The van der Waals surface area contributed by atoms with Crippen LogP contribution in [0.4, 0.5) is 9.93 Å². The molecule has 3 heterocycles. The van der Waals surface area contributed by atoms with Crippen molar-refractivity contribution in [2.45, 2.75) is 38.8 Å². The zero-order valence-corrected chi connectivity index (χ0v) is 16.1. The quantitative estimate of drug-likeness (QED) is 0.670. The number of rotatable bonds is 6. The summed E-state index contributed by atoms with van der Waals surface area (Å²) < 4.78 is 12.2. The summed E-state index contributed by atoms with van der Waals surface area (Å²) in [6.07, 6.45) is 4.69. The van der Waals surface area contributed by atoms with Crippen LogP contribution < -0.4 is 5.32 Å². The lowest BCUT2D eigenvalue weighted by atomic mass is 10.2. The van der Waals surface area contributed by atoms with E-state index in [1.165, 1.54) is 16.9 Å². The van der Waals surface area contributed by atoms with Gasteiger partial charge in [0.25, 0.3) is 0 Å². The van der Waals surface area contributed by atoms with Gasteiger partial charge in [-0.05, 0) is 49.1 Å². The van der Waals surface area contributed by atoms with Gasteiger partial charge in [-0.2, -0.15) is 0 Å². The van der Waals surface area contributed by atoms with E-state index in [0.29, 0.717) is 18.2 Å². The summed E-state index contributed by atoms with van der Waals surface area (Å²) in [6.45, 7) is 3.84. The number of hydrogen-bond donors (Lipinski definition) is 1. The van der Waals surface area contributed by atoms with Crippen molar-refractivity contribution >= 4 is 32.7 Å². The molecule has 1 aliphatic rings. The van der Waals surface area contributed by atoms with Crippen molar-refractivity contribution in [2.24, 2.45) is 0 Å².